The van der Waals surface area contributed by atoms with Crippen molar-refractivity contribution in [3.8, 4) is 0 Å². The van der Waals surface area contributed by atoms with Crippen LogP contribution in [0.15, 0.2) is 0 Å². The third-order valence-corrected chi connectivity index (χ3v) is 3.01. The van der Waals surface area contributed by atoms with Gasteiger partial charge < -0.3 is 10.4 Å². The molecule has 0 aromatic rings. The summed E-state index contributed by atoms with van der Waals surface area (Å²) in [6, 6.07) is 0. The summed E-state index contributed by atoms with van der Waals surface area (Å²) < 4.78 is 0. The van der Waals surface area contributed by atoms with Crippen molar-refractivity contribution in [2.75, 3.05) is 13.2 Å². The van der Waals surface area contributed by atoms with E-state index in [9.17, 15) is 0 Å². The molecule has 2 rings (SSSR count). The van der Waals surface area contributed by atoms with E-state index in [0.717, 1.165) is 6.54 Å². The van der Waals surface area contributed by atoms with Crippen LogP contribution in [0.5, 0.6) is 0 Å². The third-order valence-electron chi connectivity index (χ3n) is 3.01. The van der Waals surface area contributed by atoms with E-state index in [1.54, 1.807) is 0 Å². The standard InChI is InChI=1S/C8H15NO/c10-6-7-4-8(9-5-7)2-1-3-8/h7,9-10H,1-6H2. The van der Waals surface area contributed by atoms with E-state index in [-0.39, 0.29) is 0 Å². The molecule has 1 spiro atoms. The van der Waals surface area contributed by atoms with Crippen LogP contribution in [0.4, 0.5) is 0 Å². The van der Waals surface area contributed by atoms with Crippen molar-refractivity contribution < 1.29 is 5.11 Å². The molecule has 1 unspecified atom stereocenters. The van der Waals surface area contributed by atoms with Crippen LogP contribution in [0.25, 0.3) is 0 Å². The highest BCUT2D eigenvalue weighted by Gasteiger charge is 2.42. The lowest BCUT2D eigenvalue weighted by Crippen LogP contribution is -2.45. The van der Waals surface area contributed by atoms with Gasteiger partial charge in [-0.15, -0.1) is 0 Å². The second-order valence-corrected chi connectivity index (χ2v) is 3.77. The van der Waals surface area contributed by atoms with E-state index in [4.69, 9.17) is 5.11 Å². The number of nitrogens with one attached hydrogen (secondary N) is 1. The Bertz CT molecular complexity index is 131. The van der Waals surface area contributed by atoms with E-state index in [0.29, 0.717) is 18.1 Å². The van der Waals surface area contributed by atoms with Crippen LogP contribution in [-0.2, 0) is 0 Å². The van der Waals surface area contributed by atoms with Crippen molar-refractivity contribution in [3.05, 3.63) is 0 Å². The summed E-state index contributed by atoms with van der Waals surface area (Å²) in [5.74, 6) is 0.542. The zero-order valence-electron chi connectivity index (χ0n) is 6.27. The van der Waals surface area contributed by atoms with Gasteiger partial charge in [0.25, 0.3) is 0 Å². The van der Waals surface area contributed by atoms with E-state index >= 15 is 0 Å². The summed E-state index contributed by atoms with van der Waals surface area (Å²) in [6.07, 6.45) is 5.27. The van der Waals surface area contributed by atoms with Gasteiger partial charge in [0.2, 0.25) is 0 Å². The molecule has 1 aliphatic heterocycles. The van der Waals surface area contributed by atoms with Crippen molar-refractivity contribution in [3.63, 3.8) is 0 Å². The number of aliphatic hydroxyl groups excluding tert-OH is 1. The molecule has 1 atom stereocenters. The molecule has 0 radical (unpaired) electrons. The quantitative estimate of drug-likeness (QED) is 0.557. The second-order valence-electron chi connectivity index (χ2n) is 3.77. The summed E-state index contributed by atoms with van der Waals surface area (Å²) in [5, 5.41) is 12.4. The summed E-state index contributed by atoms with van der Waals surface area (Å²) in [5.41, 5.74) is 0.480. The van der Waals surface area contributed by atoms with Crippen molar-refractivity contribution in [2.45, 2.75) is 31.2 Å². The lowest BCUT2D eigenvalue weighted by atomic mass is 9.74. The monoisotopic (exact) mass is 141 g/mol. The first kappa shape index (κ1) is 6.62. The molecule has 1 aliphatic carbocycles. The van der Waals surface area contributed by atoms with Crippen molar-refractivity contribution in [2.24, 2.45) is 5.92 Å². The van der Waals surface area contributed by atoms with Gasteiger partial charge in [-0.25, -0.2) is 0 Å². The molecule has 2 aliphatic rings. The molecule has 0 amide bonds. The highest BCUT2D eigenvalue weighted by Crippen LogP contribution is 2.40. The minimum Gasteiger partial charge on any atom is -0.396 e. The van der Waals surface area contributed by atoms with Crippen molar-refractivity contribution >= 4 is 0 Å². The van der Waals surface area contributed by atoms with Crippen LogP contribution >= 0.6 is 0 Å². The molecule has 58 valence electrons. The van der Waals surface area contributed by atoms with Crippen LogP contribution in [0.3, 0.4) is 0 Å². The zero-order chi connectivity index (χ0) is 7.03. The van der Waals surface area contributed by atoms with Gasteiger partial charge >= 0.3 is 0 Å². The molecule has 2 fully saturated rings. The van der Waals surface area contributed by atoms with Gasteiger partial charge in [0.1, 0.15) is 0 Å². The Labute approximate surface area is 61.6 Å². The zero-order valence-corrected chi connectivity index (χ0v) is 6.27. The molecule has 1 saturated heterocycles. The Morgan fingerprint density at radius 3 is 2.60 bits per heavy atom. The van der Waals surface area contributed by atoms with Gasteiger partial charge in [0.15, 0.2) is 0 Å². The summed E-state index contributed by atoms with van der Waals surface area (Å²) >= 11 is 0. The Balaban J connectivity index is 1.92. The molecule has 2 nitrogen and oxygen atoms in total. The fraction of sp³-hybridized carbons (Fsp3) is 1.00. The molecule has 0 aromatic heterocycles. The van der Waals surface area contributed by atoms with Gasteiger partial charge in [0, 0.05) is 18.7 Å². The van der Waals surface area contributed by atoms with E-state index in [1.165, 1.54) is 25.7 Å². The maximum Gasteiger partial charge on any atom is 0.0472 e. The fourth-order valence-corrected chi connectivity index (χ4v) is 2.17. The average Bonchev–Trinajstić information content (AvgIpc) is 2.29. The van der Waals surface area contributed by atoms with Crippen LogP contribution < -0.4 is 5.32 Å². The van der Waals surface area contributed by atoms with Crippen molar-refractivity contribution in [1.29, 1.82) is 0 Å². The molecule has 2 N–H and O–H groups in total. The van der Waals surface area contributed by atoms with Crippen LogP contribution in [0.1, 0.15) is 25.7 Å². The summed E-state index contributed by atoms with van der Waals surface area (Å²) in [4.78, 5) is 0. The van der Waals surface area contributed by atoms with Crippen LogP contribution in [0.2, 0.25) is 0 Å². The maximum atomic E-state index is 8.88. The number of rotatable bonds is 1. The average molecular weight is 141 g/mol. The van der Waals surface area contributed by atoms with E-state index in [1.807, 2.05) is 0 Å². The lowest BCUT2D eigenvalue weighted by Gasteiger charge is -2.38. The molecule has 10 heavy (non-hydrogen) atoms. The highest BCUT2D eigenvalue weighted by molar-refractivity contribution is 5.02. The summed E-state index contributed by atoms with van der Waals surface area (Å²) in [7, 11) is 0. The molecule has 2 heteroatoms. The number of hydrogen-bond acceptors (Lipinski definition) is 2. The normalized spacial score (nSPS) is 36.3. The molecular weight excluding hydrogens is 126 g/mol. The molecule has 1 heterocycles. The van der Waals surface area contributed by atoms with Crippen LogP contribution in [0, 0.1) is 5.92 Å². The van der Waals surface area contributed by atoms with Gasteiger partial charge in [-0.2, -0.15) is 0 Å². The smallest absolute Gasteiger partial charge is 0.0472 e. The second kappa shape index (κ2) is 2.21. The fourth-order valence-electron chi connectivity index (χ4n) is 2.17. The Morgan fingerprint density at radius 1 is 1.50 bits per heavy atom. The van der Waals surface area contributed by atoms with E-state index in [2.05, 4.69) is 5.32 Å². The minimum atomic E-state index is 0.370. The first-order chi connectivity index (χ1) is 4.85. The lowest BCUT2D eigenvalue weighted by molar-refractivity contribution is 0.188. The van der Waals surface area contributed by atoms with Gasteiger partial charge in [-0.1, -0.05) is 0 Å². The topological polar surface area (TPSA) is 32.3 Å². The van der Waals surface area contributed by atoms with Gasteiger partial charge in [0.05, 0.1) is 0 Å². The molecule has 1 saturated carbocycles. The largest absolute Gasteiger partial charge is 0.396 e. The molecule has 0 bridgehead atoms. The van der Waals surface area contributed by atoms with Crippen molar-refractivity contribution in [1.82, 2.24) is 5.32 Å². The predicted octanol–water partition coefficient (Wildman–Crippen LogP) is 0.511. The molecular formula is C8H15NO. The minimum absolute atomic E-state index is 0.370. The maximum absolute atomic E-state index is 8.88. The Kier molecular flexibility index (Phi) is 1.46. The first-order valence-electron chi connectivity index (χ1n) is 4.21. The van der Waals surface area contributed by atoms with E-state index < -0.39 is 0 Å². The highest BCUT2D eigenvalue weighted by atomic mass is 16.3. The Hall–Kier alpha value is -0.0800. The van der Waals surface area contributed by atoms with Gasteiger partial charge in [-0.05, 0) is 31.6 Å². The number of hydrogen-bond donors (Lipinski definition) is 2. The predicted molar refractivity (Wildman–Crippen MR) is 39.8 cm³/mol. The molecule has 0 aromatic carbocycles. The van der Waals surface area contributed by atoms with Gasteiger partial charge in [-0.3, -0.25) is 0 Å². The SMILES string of the molecule is OCC1CNC2(CCC2)C1. The summed E-state index contributed by atoms with van der Waals surface area (Å²) in [6.45, 7) is 1.41. The number of aliphatic hydroxyl groups is 1. The Morgan fingerprint density at radius 2 is 2.30 bits per heavy atom. The third kappa shape index (κ3) is 0.867. The van der Waals surface area contributed by atoms with Crippen LogP contribution in [-0.4, -0.2) is 23.8 Å². The first-order valence-corrected chi connectivity index (χ1v) is 4.21.